The third-order valence-corrected chi connectivity index (χ3v) is 2.36. The molecule has 80 valence electrons. The Kier molecular flexibility index (Phi) is 4.86. The fourth-order valence-electron chi connectivity index (χ4n) is 1.48. The van der Waals surface area contributed by atoms with Gasteiger partial charge in [0, 0.05) is 5.92 Å². The summed E-state index contributed by atoms with van der Waals surface area (Å²) in [6, 6.07) is 9.42. The van der Waals surface area contributed by atoms with Gasteiger partial charge < -0.3 is 5.73 Å². The van der Waals surface area contributed by atoms with Crippen molar-refractivity contribution in [2.75, 3.05) is 6.67 Å². The number of rotatable bonds is 4. The summed E-state index contributed by atoms with van der Waals surface area (Å²) in [5.41, 5.74) is 6.88. The Bertz CT molecular complexity index is 337. The molecule has 0 saturated heterocycles. The van der Waals surface area contributed by atoms with E-state index >= 15 is 0 Å². The van der Waals surface area contributed by atoms with Crippen LogP contribution in [-0.2, 0) is 6.42 Å². The highest BCUT2D eigenvalue weighted by Crippen LogP contribution is 2.11. The molecule has 2 N–H and O–H groups in total. The summed E-state index contributed by atoms with van der Waals surface area (Å²) in [5, 5.41) is 0. The highest BCUT2D eigenvalue weighted by atomic mass is 19.1. The zero-order valence-electron chi connectivity index (χ0n) is 8.91. The molecule has 2 heteroatoms. The van der Waals surface area contributed by atoms with Gasteiger partial charge >= 0.3 is 0 Å². The molecule has 1 nitrogen and oxygen atoms in total. The van der Waals surface area contributed by atoms with E-state index in [4.69, 9.17) is 5.73 Å². The Balaban J connectivity index is 2.64. The van der Waals surface area contributed by atoms with Gasteiger partial charge in [-0.05, 0) is 18.9 Å². The average molecular weight is 205 g/mol. The molecule has 1 aromatic carbocycles. The van der Waals surface area contributed by atoms with Gasteiger partial charge in [-0.25, -0.2) is 0 Å². The van der Waals surface area contributed by atoms with Crippen molar-refractivity contribution in [1.82, 2.24) is 0 Å². The van der Waals surface area contributed by atoms with Crippen molar-refractivity contribution < 1.29 is 4.39 Å². The van der Waals surface area contributed by atoms with Gasteiger partial charge in [-0.2, -0.15) is 0 Å². The normalized spacial score (nSPS) is 13.8. The number of benzene rings is 1. The summed E-state index contributed by atoms with van der Waals surface area (Å²) >= 11 is 0. The van der Waals surface area contributed by atoms with Crippen molar-refractivity contribution >= 4 is 0 Å². The maximum atomic E-state index is 12.8. The van der Waals surface area contributed by atoms with Crippen LogP contribution < -0.4 is 5.73 Å². The van der Waals surface area contributed by atoms with E-state index in [2.05, 4.69) is 11.8 Å². The van der Waals surface area contributed by atoms with Crippen LogP contribution in [0.3, 0.4) is 0 Å². The molecule has 0 aliphatic rings. The van der Waals surface area contributed by atoms with Crippen LogP contribution in [0.25, 0.3) is 0 Å². The van der Waals surface area contributed by atoms with Crippen LogP contribution >= 0.6 is 0 Å². The van der Waals surface area contributed by atoms with Crippen molar-refractivity contribution in [3.8, 4) is 11.8 Å². The van der Waals surface area contributed by atoms with E-state index < -0.39 is 6.67 Å². The van der Waals surface area contributed by atoms with Gasteiger partial charge in [-0.1, -0.05) is 36.3 Å². The molecule has 15 heavy (non-hydrogen) atoms. The monoisotopic (exact) mass is 205 g/mol. The lowest BCUT2D eigenvalue weighted by Gasteiger charge is -2.16. The van der Waals surface area contributed by atoms with Crippen LogP contribution in [0.15, 0.2) is 30.3 Å². The lowest BCUT2D eigenvalue weighted by atomic mass is 9.94. The molecule has 0 fully saturated rings. The lowest BCUT2D eigenvalue weighted by Crippen LogP contribution is -2.31. The van der Waals surface area contributed by atoms with Crippen molar-refractivity contribution in [3.63, 3.8) is 0 Å². The molecule has 0 bridgehead atoms. The molecule has 1 aromatic rings. The van der Waals surface area contributed by atoms with Gasteiger partial charge in [0.25, 0.3) is 0 Å². The Morgan fingerprint density at radius 2 is 2.00 bits per heavy atom. The van der Waals surface area contributed by atoms with Crippen molar-refractivity contribution in [3.05, 3.63) is 35.9 Å². The maximum Gasteiger partial charge on any atom is 0.0950 e. The third kappa shape index (κ3) is 3.73. The molecule has 1 rings (SSSR count). The quantitative estimate of drug-likeness (QED) is 0.749. The molecular formula is C13H16FN. The summed E-state index contributed by atoms with van der Waals surface area (Å²) in [7, 11) is 0. The highest BCUT2D eigenvalue weighted by Gasteiger charge is 2.16. The van der Waals surface area contributed by atoms with E-state index in [1.54, 1.807) is 6.92 Å². The van der Waals surface area contributed by atoms with Gasteiger partial charge in [0.2, 0.25) is 0 Å². The molecule has 0 spiro atoms. The summed E-state index contributed by atoms with van der Waals surface area (Å²) in [6.45, 7) is 1.29. The van der Waals surface area contributed by atoms with Crippen LogP contribution in [0.1, 0.15) is 12.5 Å². The van der Waals surface area contributed by atoms with Gasteiger partial charge in [-0.3, -0.25) is 4.39 Å². The van der Waals surface area contributed by atoms with Gasteiger partial charge in [0.1, 0.15) is 0 Å². The van der Waals surface area contributed by atoms with Crippen molar-refractivity contribution in [1.29, 1.82) is 0 Å². The van der Waals surface area contributed by atoms with E-state index in [0.29, 0.717) is 6.42 Å². The first kappa shape index (κ1) is 11.7. The Hall–Kier alpha value is -1.33. The molecule has 0 aliphatic carbocycles. The zero-order valence-corrected chi connectivity index (χ0v) is 8.91. The second-order valence-corrected chi connectivity index (χ2v) is 3.52. The second kappa shape index (κ2) is 6.21. The van der Waals surface area contributed by atoms with Crippen LogP contribution in [0.4, 0.5) is 4.39 Å². The molecule has 0 radical (unpaired) electrons. The van der Waals surface area contributed by atoms with Gasteiger partial charge in [-0.15, -0.1) is 5.92 Å². The zero-order chi connectivity index (χ0) is 11.1. The summed E-state index contributed by atoms with van der Waals surface area (Å²) in [4.78, 5) is 0. The minimum absolute atomic E-state index is 0.208. The Labute approximate surface area is 90.5 Å². The predicted molar refractivity (Wildman–Crippen MR) is 61.0 cm³/mol. The summed E-state index contributed by atoms with van der Waals surface area (Å²) < 4.78 is 12.8. The minimum atomic E-state index is -0.426. The van der Waals surface area contributed by atoms with Gasteiger partial charge in [0.15, 0.2) is 0 Å². The van der Waals surface area contributed by atoms with Gasteiger partial charge in [0.05, 0.1) is 12.7 Å². The number of alkyl halides is 1. The van der Waals surface area contributed by atoms with Crippen molar-refractivity contribution in [2.24, 2.45) is 11.7 Å². The van der Waals surface area contributed by atoms with E-state index in [1.165, 1.54) is 0 Å². The lowest BCUT2D eigenvalue weighted by molar-refractivity contribution is 0.340. The molecular weight excluding hydrogens is 189 g/mol. The molecule has 0 aromatic heterocycles. The molecule has 2 unspecified atom stereocenters. The first-order valence-electron chi connectivity index (χ1n) is 5.05. The minimum Gasteiger partial charge on any atom is -0.317 e. The first-order valence-corrected chi connectivity index (χ1v) is 5.05. The number of nitrogens with two attached hydrogens (primary N) is 1. The SMILES string of the molecule is CC#CC(N)C(CF)Cc1ccccc1. The maximum absolute atomic E-state index is 12.8. The topological polar surface area (TPSA) is 26.0 Å². The number of halogens is 1. The van der Waals surface area contributed by atoms with Crippen molar-refractivity contribution in [2.45, 2.75) is 19.4 Å². The smallest absolute Gasteiger partial charge is 0.0950 e. The van der Waals surface area contributed by atoms with Crippen LogP contribution in [0.2, 0.25) is 0 Å². The van der Waals surface area contributed by atoms with Crippen LogP contribution in [-0.4, -0.2) is 12.7 Å². The fraction of sp³-hybridized carbons (Fsp3) is 0.385. The summed E-state index contributed by atoms with van der Waals surface area (Å²) in [5.74, 6) is 5.32. The van der Waals surface area contributed by atoms with Crippen LogP contribution in [0.5, 0.6) is 0 Å². The summed E-state index contributed by atoms with van der Waals surface area (Å²) in [6.07, 6.45) is 0.646. The standard InChI is InChI=1S/C13H16FN/c1-2-6-13(15)12(10-14)9-11-7-4-3-5-8-11/h3-5,7-8,12-13H,9-10,15H2,1H3. The predicted octanol–water partition coefficient (Wildman–Crippen LogP) is 2.17. The first-order chi connectivity index (χ1) is 7.27. The molecule has 0 saturated carbocycles. The highest BCUT2D eigenvalue weighted by molar-refractivity contribution is 5.17. The molecule has 0 heterocycles. The Morgan fingerprint density at radius 1 is 1.33 bits per heavy atom. The second-order valence-electron chi connectivity index (χ2n) is 3.52. The number of hydrogen-bond donors (Lipinski definition) is 1. The molecule has 0 aliphatic heterocycles. The average Bonchev–Trinajstić information content (AvgIpc) is 2.27. The number of hydrogen-bond acceptors (Lipinski definition) is 1. The van der Waals surface area contributed by atoms with Crippen LogP contribution in [0, 0.1) is 17.8 Å². The Morgan fingerprint density at radius 3 is 2.53 bits per heavy atom. The van der Waals surface area contributed by atoms with E-state index in [-0.39, 0.29) is 12.0 Å². The van der Waals surface area contributed by atoms with E-state index in [9.17, 15) is 4.39 Å². The largest absolute Gasteiger partial charge is 0.317 e. The molecule has 0 amide bonds. The third-order valence-electron chi connectivity index (χ3n) is 2.36. The molecule has 2 atom stereocenters. The van der Waals surface area contributed by atoms with E-state index in [0.717, 1.165) is 5.56 Å². The fourth-order valence-corrected chi connectivity index (χ4v) is 1.48. The van der Waals surface area contributed by atoms with E-state index in [1.807, 2.05) is 30.3 Å².